The summed E-state index contributed by atoms with van der Waals surface area (Å²) in [5, 5.41) is 16.7. The number of guanidine groups is 1. The molecule has 5 N–H and O–H groups in total. The van der Waals surface area contributed by atoms with Crippen LogP contribution in [-0.2, 0) is 0 Å². The summed E-state index contributed by atoms with van der Waals surface area (Å²) in [4.78, 5) is 0. The molecule has 0 heterocycles. The van der Waals surface area contributed by atoms with Crippen LogP contribution in [0.25, 0.3) is 6.08 Å². The average Bonchev–Trinajstić information content (AvgIpc) is 2.25. The Bertz CT molecular complexity index is 445. The summed E-state index contributed by atoms with van der Waals surface area (Å²) in [6.07, 6.45) is 3.44. The van der Waals surface area contributed by atoms with E-state index in [1.54, 1.807) is 37.3 Å². The lowest BCUT2D eigenvalue weighted by molar-refractivity contribution is 0.474. The van der Waals surface area contributed by atoms with E-state index in [9.17, 15) is 5.11 Å². The van der Waals surface area contributed by atoms with Crippen molar-refractivity contribution in [2.45, 2.75) is 6.92 Å². The lowest BCUT2D eigenvalue weighted by Crippen LogP contribution is -2.21. The number of benzene rings is 1. The number of hydrogen-bond donors (Lipinski definition) is 3. The second-order valence-electron chi connectivity index (χ2n) is 3.16. The minimum Gasteiger partial charge on any atom is -0.507 e. The molecule has 0 bridgehead atoms. The molecule has 1 aromatic rings. The minimum atomic E-state index is -0.0877. The summed E-state index contributed by atoms with van der Waals surface area (Å²) in [6, 6.07) is 7.00. The number of rotatable bonds is 3. The van der Waals surface area contributed by atoms with Gasteiger partial charge in [0.05, 0.1) is 5.71 Å². The van der Waals surface area contributed by atoms with Gasteiger partial charge in [-0.2, -0.15) is 5.10 Å². The smallest absolute Gasteiger partial charge is 0.211 e. The topological polar surface area (TPSA) is 97.0 Å². The fourth-order valence-corrected chi connectivity index (χ4v) is 1.01. The van der Waals surface area contributed by atoms with E-state index in [0.29, 0.717) is 11.3 Å². The third-order valence-electron chi connectivity index (χ3n) is 1.76. The molecule has 84 valence electrons. The van der Waals surface area contributed by atoms with Crippen molar-refractivity contribution in [3.8, 4) is 5.75 Å². The van der Waals surface area contributed by atoms with Crippen molar-refractivity contribution < 1.29 is 5.11 Å². The Morgan fingerprint density at radius 2 is 1.94 bits per heavy atom. The summed E-state index contributed by atoms with van der Waals surface area (Å²) < 4.78 is 0. The molecule has 0 unspecified atom stereocenters. The quantitative estimate of drug-likeness (QED) is 0.402. The number of aromatic hydroxyl groups is 1. The maximum atomic E-state index is 9.48. The molecule has 0 fully saturated rings. The van der Waals surface area contributed by atoms with E-state index in [-0.39, 0.29) is 11.7 Å². The molecule has 1 aromatic carbocycles. The maximum Gasteiger partial charge on any atom is 0.211 e. The van der Waals surface area contributed by atoms with Crippen molar-refractivity contribution in [1.82, 2.24) is 0 Å². The molecule has 0 aliphatic carbocycles. The number of nitrogens with two attached hydrogens (primary N) is 2. The molecule has 0 aliphatic rings. The number of hydrogen-bond acceptors (Lipinski definition) is 3. The van der Waals surface area contributed by atoms with Gasteiger partial charge in [0.15, 0.2) is 0 Å². The van der Waals surface area contributed by atoms with Crippen LogP contribution < -0.4 is 11.5 Å². The molecule has 5 heteroatoms. The SMILES string of the molecule is CC(/C=C\c1ccccc1O)=N/N=C(N)N. The molecule has 0 aliphatic heterocycles. The Morgan fingerprint density at radius 3 is 2.56 bits per heavy atom. The molecular weight excluding hydrogens is 204 g/mol. The number of phenolic OH excluding ortho intramolecular Hbond substituents is 1. The van der Waals surface area contributed by atoms with Crippen LogP contribution >= 0.6 is 0 Å². The molecule has 16 heavy (non-hydrogen) atoms. The molecule has 0 saturated heterocycles. The fourth-order valence-electron chi connectivity index (χ4n) is 1.01. The first-order valence-electron chi connectivity index (χ1n) is 4.69. The van der Waals surface area contributed by atoms with Crippen LogP contribution in [0.3, 0.4) is 0 Å². The van der Waals surface area contributed by atoms with Crippen LogP contribution in [0, 0.1) is 0 Å². The fraction of sp³-hybridized carbons (Fsp3) is 0.0909. The second kappa shape index (κ2) is 5.55. The first-order valence-corrected chi connectivity index (χ1v) is 4.69. The van der Waals surface area contributed by atoms with Crippen LogP contribution in [0.5, 0.6) is 5.75 Å². The van der Waals surface area contributed by atoms with Gasteiger partial charge in [-0.15, -0.1) is 5.10 Å². The largest absolute Gasteiger partial charge is 0.507 e. The van der Waals surface area contributed by atoms with Gasteiger partial charge in [0.2, 0.25) is 5.96 Å². The molecule has 0 saturated carbocycles. The van der Waals surface area contributed by atoms with Gasteiger partial charge < -0.3 is 16.6 Å². The first-order chi connectivity index (χ1) is 7.59. The lowest BCUT2D eigenvalue weighted by Gasteiger charge is -1.96. The van der Waals surface area contributed by atoms with Crippen molar-refractivity contribution >= 4 is 17.7 Å². The normalized spacial score (nSPS) is 11.7. The summed E-state index contributed by atoms with van der Waals surface area (Å²) in [5.74, 6) is 0.128. The zero-order chi connectivity index (χ0) is 12.0. The molecule has 1 rings (SSSR count). The van der Waals surface area contributed by atoms with E-state index in [1.165, 1.54) is 0 Å². The number of nitrogens with zero attached hydrogens (tertiary/aromatic N) is 2. The van der Waals surface area contributed by atoms with E-state index in [0.717, 1.165) is 0 Å². The summed E-state index contributed by atoms with van der Waals surface area (Å²) in [7, 11) is 0. The highest BCUT2D eigenvalue weighted by Gasteiger charge is 1.93. The monoisotopic (exact) mass is 218 g/mol. The van der Waals surface area contributed by atoms with Crippen molar-refractivity contribution in [1.29, 1.82) is 0 Å². The lowest BCUT2D eigenvalue weighted by atomic mass is 10.2. The van der Waals surface area contributed by atoms with Gasteiger partial charge >= 0.3 is 0 Å². The van der Waals surface area contributed by atoms with Gasteiger partial charge in [-0.25, -0.2) is 0 Å². The van der Waals surface area contributed by atoms with E-state index < -0.39 is 0 Å². The Hall–Kier alpha value is -2.30. The number of phenols is 1. The van der Waals surface area contributed by atoms with Gasteiger partial charge in [0, 0.05) is 5.56 Å². The van der Waals surface area contributed by atoms with E-state index in [1.807, 2.05) is 6.07 Å². The van der Waals surface area contributed by atoms with Gasteiger partial charge in [0.25, 0.3) is 0 Å². The van der Waals surface area contributed by atoms with Crippen molar-refractivity contribution in [2.24, 2.45) is 21.7 Å². The van der Waals surface area contributed by atoms with Crippen LogP contribution in [0.1, 0.15) is 12.5 Å². The Kier molecular flexibility index (Phi) is 4.08. The van der Waals surface area contributed by atoms with Gasteiger partial charge in [-0.3, -0.25) is 0 Å². The highest BCUT2D eigenvalue weighted by Crippen LogP contribution is 2.16. The molecule has 5 nitrogen and oxygen atoms in total. The Balaban J connectivity index is 2.78. The number of para-hydroxylation sites is 1. The zero-order valence-corrected chi connectivity index (χ0v) is 8.96. The van der Waals surface area contributed by atoms with Crippen molar-refractivity contribution in [2.75, 3.05) is 0 Å². The van der Waals surface area contributed by atoms with Gasteiger partial charge in [0.1, 0.15) is 5.75 Å². The van der Waals surface area contributed by atoms with Crippen LogP contribution in [-0.4, -0.2) is 16.8 Å². The zero-order valence-electron chi connectivity index (χ0n) is 8.96. The van der Waals surface area contributed by atoms with Crippen molar-refractivity contribution in [3.63, 3.8) is 0 Å². The van der Waals surface area contributed by atoms with Gasteiger partial charge in [-0.1, -0.05) is 18.2 Å². The summed E-state index contributed by atoms with van der Waals surface area (Å²) in [5.41, 5.74) is 11.6. The Labute approximate surface area is 93.8 Å². The number of allylic oxidation sites excluding steroid dienone is 1. The van der Waals surface area contributed by atoms with Crippen LogP contribution in [0.15, 0.2) is 40.5 Å². The predicted octanol–water partition coefficient (Wildman–Crippen LogP) is 1.05. The second-order valence-corrected chi connectivity index (χ2v) is 3.16. The van der Waals surface area contributed by atoms with E-state index in [4.69, 9.17) is 11.5 Å². The Morgan fingerprint density at radius 1 is 1.25 bits per heavy atom. The predicted molar refractivity (Wildman–Crippen MR) is 66.1 cm³/mol. The molecule has 0 radical (unpaired) electrons. The third-order valence-corrected chi connectivity index (χ3v) is 1.76. The average molecular weight is 218 g/mol. The van der Waals surface area contributed by atoms with Crippen LogP contribution in [0.4, 0.5) is 0 Å². The van der Waals surface area contributed by atoms with Crippen molar-refractivity contribution in [3.05, 3.63) is 35.9 Å². The third kappa shape index (κ3) is 3.83. The van der Waals surface area contributed by atoms with E-state index >= 15 is 0 Å². The highest BCUT2D eigenvalue weighted by atomic mass is 16.3. The molecule has 0 atom stereocenters. The molecule has 0 spiro atoms. The highest BCUT2D eigenvalue weighted by molar-refractivity contribution is 5.96. The summed E-state index contributed by atoms with van der Waals surface area (Å²) >= 11 is 0. The van der Waals surface area contributed by atoms with Crippen LogP contribution in [0.2, 0.25) is 0 Å². The minimum absolute atomic E-state index is 0.0877. The first kappa shape index (κ1) is 11.8. The standard InChI is InChI=1S/C11H14N4O/c1-8(14-15-11(12)13)6-7-9-4-2-3-5-10(9)16/h2-7,16H,1H3,(H4,12,13,15)/b7-6-,14-8-. The molecule has 0 amide bonds. The molecule has 0 aromatic heterocycles. The van der Waals surface area contributed by atoms with E-state index in [2.05, 4.69) is 10.2 Å². The maximum absolute atomic E-state index is 9.48. The molecular formula is C11H14N4O. The van der Waals surface area contributed by atoms with Gasteiger partial charge in [-0.05, 0) is 25.1 Å². The summed E-state index contributed by atoms with van der Waals surface area (Å²) in [6.45, 7) is 1.75.